The molecular weight excluding hydrogens is 330 g/mol. The summed E-state index contributed by atoms with van der Waals surface area (Å²) in [7, 11) is 0. The number of pyridine rings is 1. The van der Waals surface area contributed by atoms with Gasteiger partial charge in [-0.25, -0.2) is 0 Å². The van der Waals surface area contributed by atoms with E-state index in [-0.39, 0.29) is 5.91 Å². The Balaban J connectivity index is 1.68. The van der Waals surface area contributed by atoms with Crippen molar-refractivity contribution in [2.24, 2.45) is 0 Å². The molecule has 0 aliphatic rings. The molecule has 0 aliphatic carbocycles. The summed E-state index contributed by atoms with van der Waals surface area (Å²) in [6, 6.07) is 9.28. The van der Waals surface area contributed by atoms with Crippen LogP contribution in [0.2, 0.25) is 0 Å². The lowest BCUT2D eigenvalue weighted by atomic mass is 9.98. The van der Waals surface area contributed by atoms with Gasteiger partial charge in [-0.1, -0.05) is 17.3 Å². The minimum Gasteiger partial charge on any atom is -0.463 e. The minimum absolute atomic E-state index is 0.195. The van der Waals surface area contributed by atoms with Gasteiger partial charge in [-0.3, -0.25) is 9.78 Å². The molecule has 0 atom stereocenters. The lowest BCUT2D eigenvalue weighted by Gasteiger charge is -2.08. The maximum absolute atomic E-state index is 12.6. The predicted octanol–water partition coefficient (Wildman–Crippen LogP) is 4.03. The van der Waals surface area contributed by atoms with E-state index >= 15 is 0 Å². The summed E-state index contributed by atoms with van der Waals surface area (Å²) in [5.74, 6) is 0.540. The van der Waals surface area contributed by atoms with Crippen LogP contribution in [0.4, 0.5) is 0 Å². The highest BCUT2D eigenvalue weighted by Gasteiger charge is 2.19. The van der Waals surface area contributed by atoms with E-state index in [1.54, 1.807) is 24.7 Å². The van der Waals surface area contributed by atoms with Gasteiger partial charge in [-0.15, -0.1) is 0 Å². The van der Waals surface area contributed by atoms with Crippen molar-refractivity contribution in [1.29, 1.82) is 0 Å². The van der Waals surface area contributed by atoms with Crippen molar-refractivity contribution in [3.8, 4) is 11.1 Å². The molecule has 0 spiro atoms. The molecule has 0 bridgehead atoms. The summed E-state index contributed by atoms with van der Waals surface area (Å²) < 4.78 is 10.9. The number of hydrogen-bond donors (Lipinski definition) is 1. The Hall–Kier alpha value is -3.41. The van der Waals surface area contributed by atoms with Crippen molar-refractivity contribution in [2.75, 3.05) is 0 Å². The fourth-order valence-corrected chi connectivity index (χ4v) is 3.11. The average Bonchev–Trinajstić information content (AvgIpc) is 3.27. The number of amides is 1. The molecule has 0 fully saturated rings. The molecule has 0 radical (unpaired) electrons. The second kappa shape index (κ2) is 6.48. The van der Waals surface area contributed by atoms with Gasteiger partial charge >= 0.3 is 0 Å². The topological polar surface area (TPSA) is 81.2 Å². The van der Waals surface area contributed by atoms with Gasteiger partial charge in [0.2, 0.25) is 0 Å². The molecule has 1 amide bonds. The van der Waals surface area contributed by atoms with Crippen molar-refractivity contribution in [3.63, 3.8) is 0 Å². The molecule has 0 saturated carbocycles. The summed E-state index contributed by atoms with van der Waals surface area (Å²) in [6.45, 7) is 4.17. The number of nitrogens with zero attached hydrogens (tertiary/aromatic N) is 2. The van der Waals surface area contributed by atoms with E-state index in [9.17, 15) is 4.79 Å². The highest BCUT2D eigenvalue weighted by atomic mass is 16.5. The van der Waals surface area contributed by atoms with Crippen molar-refractivity contribution in [2.45, 2.75) is 20.4 Å². The Labute approximate surface area is 149 Å². The van der Waals surface area contributed by atoms with Gasteiger partial charge in [0.1, 0.15) is 11.3 Å². The van der Waals surface area contributed by atoms with E-state index in [2.05, 4.69) is 15.5 Å². The standard InChI is InChI=1S/C20H17N3O3/c1-12-18(13(2)26-23-12)15-5-6-17(19-16(15)7-9-25-19)20(24)22-11-14-4-3-8-21-10-14/h3-10H,11H2,1-2H3,(H,22,24). The summed E-state index contributed by atoms with van der Waals surface area (Å²) in [4.78, 5) is 16.7. The van der Waals surface area contributed by atoms with Crippen LogP contribution in [-0.2, 0) is 6.54 Å². The number of nitrogens with one attached hydrogen (secondary N) is 1. The van der Waals surface area contributed by atoms with E-state index in [1.165, 1.54) is 0 Å². The van der Waals surface area contributed by atoms with Crippen molar-refractivity contribution in [1.82, 2.24) is 15.5 Å². The third-order valence-corrected chi connectivity index (χ3v) is 4.34. The second-order valence-electron chi connectivity index (χ2n) is 6.07. The van der Waals surface area contributed by atoms with Gasteiger partial charge in [-0.05, 0) is 43.2 Å². The lowest BCUT2D eigenvalue weighted by molar-refractivity contribution is 0.0951. The molecule has 6 heteroatoms. The molecule has 1 aromatic carbocycles. The van der Waals surface area contributed by atoms with Crippen LogP contribution in [-0.4, -0.2) is 16.0 Å². The van der Waals surface area contributed by atoms with Gasteiger partial charge in [0, 0.05) is 29.9 Å². The van der Waals surface area contributed by atoms with Gasteiger partial charge in [-0.2, -0.15) is 0 Å². The molecule has 1 N–H and O–H groups in total. The first-order valence-electron chi connectivity index (χ1n) is 8.25. The maximum atomic E-state index is 12.6. The van der Waals surface area contributed by atoms with E-state index in [0.717, 1.165) is 33.5 Å². The number of fused-ring (bicyclic) bond motifs is 1. The zero-order chi connectivity index (χ0) is 18.1. The number of benzene rings is 1. The van der Waals surface area contributed by atoms with Crippen LogP contribution in [0.3, 0.4) is 0 Å². The SMILES string of the molecule is Cc1noc(C)c1-c1ccc(C(=O)NCc2cccnc2)c2occc12. The smallest absolute Gasteiger partial charge is 0.255 e. The monoisotopic (exact) mass is 347 g/mol. The second-order valence-corrected chi connectivity index (χ2v) is 6.07. The molecule has 3 aromatic heterocycles. The van der Waals surface area contributed by atoms with Crippen LogP contribution in [0.5, 0.6) is 0 Å². The van der Waals surface area contributed by atoms with Gasteiger partial charge in [0.25, 0.3) is 5.91 Å². The number of furan rings is 1. The Morgan fingerprint density at radius 1 is 1.19 bits per heavy atom. The van der Waals surface area contributed by atoms with Crippen molar-refractivity contribution < 1.29 is 13.7 Å². The van der Waals surface area contributed by atoms with Crippen molar-refractivity contribution >= 4 is 16.9 Å². The first-order valence-corrected chi connectivity index (χ1v) is 8.25. The largest absolute Gasteiger partial charge is 0.463 e. The van der Waals surface area contributed by atoms with Gasteiger partial charge < -0.3 is 14.3 Å². The fourth-order valence-electron chi connectivity index (χ4n) is 3.11. The van der Waals surface area contributed by atoms with Gasteiger partial charge in [0.15, 0.2) is 0 Å². The summed E-state index contributed by atoms with van der Waals surface area (Å²) in [5, 5.41) is 7.77. The van der Waals surface area contributed by atoms with E-state index < -0.39 is 0 Å². The number of carbonyl (C=O) groups is 1. The number of aromatic nitrogens is 2. The first kappa shape index (κ1) is 16.1. The molecular formula is C20H17N3O3. The molecule has 26 heavy (non-hydrogen) atoms. The molecule has 6 nitrogen and oxygen atoms in total. The van der Waals surface area contributed by atoms with Crippen LogP contribution in [0.15, 0.2) is 57.9 Å². The Bertz CT molecular complexity index is 1060. The number of rotatable bonds is 4. The molecule has 0 aliphatic heterocycles. The van der Waals surface area contributed by atoms with Crippen LogP contribution < -0.4 is 5.32 Å². The Kier molecular flexibility index (Phi) is 4.01. The third kappa shape index (κ3) is 2.75. The number of carbonyl (C=O) groups excluding carboxylic acids is 1. The normalized spacial score (nSPS) is 11.0. The minimum atomic E-state index is -0.195. The maximum Gasteiger partial charge on any atom is 0.255 e. The van der Waals surface area contributed by atoms with Crippen LogP contribution >= 0.6 is 0 Å². The van der Waals surface area contributed by atoms with E-state index in [1.807, 2.05) is 38.1 Å². The van der Waals surface area contributed by atoms with Crippen molar-refractivity contribution in [3.05, 3.63) is 71.6 Å². The third-order valence-electron chi connectivity index (χ3n) is 4.34. The quantitative estimate of drug-likeness (QED) is 0.603. The zero-order valence-corrected chi connectivity index (χ0v) is 14.4. The zero-order valence-electron chi connectivity index (χ0n) is 14.4. The average molecular weight is 347 g/mol. The van der Waals surface area contributed by atoms with Crippen LogP contribution in [0.25, 0.3) is 22.1 Å². The van der Waals surface area contributed by atoms with Crippen LogP contribution in [0, 0.1) is 13.8 Å². The summed E-state index contributed by atoms with van der Waals surface area (Å²) in [6.07, 6.45) is 5.01. The van der Waals surface area contributed by atoms with E-state index in [4.69, 9.17) is 8.94 Å². The van der Waals surface area contributed by atoms with Crippen LogP contribution in [0.1, 0.15) is 27.4 Å². The predicted molar refractivity (Wildman–Crippen MR) is 96.6 cm³/mol. The summed E-state index contributed by atoms with van der Waals surface area (Å²) >= 11 is 0. The highest BCUT2D eigenvalue weighted by molar-refractivity contribution is 6.09. The first-order chi connectivity index (χ1) is 12.6. The number of hydrogen-bond acceptors (Lipinski definition) is 5. The highest BCUT2D eigenvalue weighted by Crippen LogP contribution is 2.35. The molecule has 3 heterocycles. The van der Waals surface area contributed by atoms with E-state index in [0.29, 0.717) is 17.7 Å². The molecule has 4 aromatic rings. The molecule has 0 unspecified atom stereocenters. The lowest BCUT2D eigenvalue weighted by Crippen LogP contribution is -2.23. The Morgan fingerprint density at radius 3 is 2.81 bits per heavy atom. The Morgan fingerprint density at radius 2 is 2.08 bits per heavy atom. The fraction of sp³-hybridized carbons (Fsp3) is 0.150. The molecule has 0 saturated heterocycles. The number of aryl methyl sites for hydroxylation is 2. The van der Waals surface area contributed by atoms with Gasteiger partial charge in [0.05, 0.1) is 17.5 Å². The molecule has 130 valence electrons. The molecule has 4 rings (SSSR count). The summed E-state index contributed by atoms with van der Waals surface area (Å²) in [5.41, 5.74) is 4.64.